The Morgan fingerprint density at radius 2 is 2.10 bits per heavy atom. The third-order valence-electron chi connectivity index (χ3n) is 3.76. The smallest absolute Gasteiger partial charge is 0.239 e. The van der Waals surface area contributed by atoms with Crippen LogP contribution in [-0.2, 0) is 16.1 Å². The molecule has 5 heteroatoms. The van der Waals surface area contributed by atoms with Gasteiger partial charge < -0.3 is 10.1 Å². The number of ether oxygens (including phenoxy) is 1. The second-order valence-corrected chi connectivity index (χ2v) is 6.72. The summed E-state index contributed by atoms with van der Waals surface area (Å²) < 4.78 is 6.72. The first-order chi connectivity index (χ1) is 9.72. The molecule has 1 amide bonds. The average Bonchev–Trinajstić information content (AvgIpc) is 3.26. The highest BCUT2D eigenvalue weighted by Gasteiger charge is 2.33. The second kappa shape index (κ2) is 6.41. The van der Waals surface area contributed by atoms with Crippen molar-refractivity contribution in [1.29, 1.82) is 0 Å². The van der Waals surface area contributed by atoms with Gasteiger partial charge in [0.15, 0.2) is 0 Å². The van der Waals surface area contributed by atoms with Gasteiger partial charge in [-0.1, -0.05) is 12.1 Å². The summed E-state index contributed by atoms with van der Waals surface area (Å²) in [5.74, 6) is 0.123. The molecule has 3 rings (SSSR count). The Kier molecular flexibility index (Phi) is 4.58. The van der Waals surface area contributed by atoms with Crippen molar-refractivity contribution in [2.45, 2.75) is 31.5 Å². The number of amides is 1. The molecule has 1 aliphatic heterocycles. The molecule has 0 aromatic heterocycles. The van der Waals surface area contributed by atoms with E-state index in [1.54, 1.807) is 0 Å². The van der Waals surface area contributed by atoms with Gasteiger partial charge in [-0.25, -0.2) is 0 Å². The Morgan fingerprint density at radius 1 is 1.35 bits per heavy atom. The number of morpholine rings is 1. The normalized spacial score (nSPS) is 23.6. The lowest BCUT2D eigenvalue weighted by Crippen LogP contribution is -2.53. The minimum Gasteiger partial charge on any atom is -0.378 e. The van der Waals surface area contributed by atoms with E-state index < -0.39 is 0 Å². The molecule has 1 heterocycles. The van der Waals surface area contributed by atoms with Gasteiger partial charge >= 0.3 is 0 Å². The van der Waals surface area contributed by atoms with Crippen LogP contribution in [0.5, 0.6) is 0 Å². The molecule has 0 spiro atoms. The summed E-state index contributed by atoms with van der Waals surface area (Å²) in [6.07, 6.45) is 2.24. The maximum Gasteiger partial charge on any atom is 0.239 e. The molecule has 1 unspecified atom stereocenters. The molecule has 108 valence electrons. The van der Waals surface area contributed by atoms with Crippen LogP contribution >= 0.6 is 22.6 Å². The van der Waals surface area contributed by atoms with Crippen LogP contribution in [0.15, 0.2) is 24.3 Å². The molecule has 1 saturated carbocycles. The molecule has 2 fully saturated rings. The van der Waals surface area contributed by atoms with E-state index in [1.807, 2.05) is 0 Å². The first kappa shape index (κ1) is 14.3. The molecule has 1 aromatic rings. The van der Waals surface area contributed by atoms with Crippen LogP contribution in [0.1, 0.15) is 18.4 Å². The third-order valence-corrected chi connectivity index (χ3v) is 4.48. The maximum atomic E-state index is 12.3. The number of carbonyl (C=O) groups is 1. The molecule has 1 aromatic carbocycles. The van der Waals surface area contributed by atoms with Crippen molar-refractivity contribution in [2.24, 2.45) is 0 Å². The van der Waals surface area contributed by atoms with Crippen LogP contribution in [0.2, 0.25) is 0 Å². The van der Waals surface area contributed by atoms with Crippen LogP contribution in [0, 0.1) is 3.57 Å². The maximum absolute atomic E-state index is 12.3. The standard InChI is InChI=1S/C15H19IN2O2/c16-12-3-1-11(2-4-12)9-18-7-8-20-10-14(18)15(19)17-13-5-6-13/h1-4,13-14H,5-10H2,(H,17,19). The molecule has 0 radical (unpaired) electrons. The lowest BCUT2D eigenvalue weighted by Gasteiger charge is -2.34. The van der Waals surface area contributed by atoms with E-state index >= 15 is 0 Å². The molecular weight excluding hydrogens is 367 g/mol. The van der Waals surface area contributed by atoms with Gasteiger partial charge in [0.05, 0.1) is 13.2 Å². The quantitative estimate of drug-likeness (QED) is 0.803. The zero-order valence-corrected chi connectivity index (χ0v) is 13.5. The first-order valence-corrected chi connectivity index (χ1v) is 8.17. The van der Waals surface area contributed by atoms with E-state index in [4.69, 9.17) is 4.74 Å². The predicted molar refractivity (Wildman–Crippen MR) is 85.3 cm³/mol. The van der Waals surface area contributed by atoms with E-state index in [-0.39, 0.29) is 11.9 Å². The monoisotopic (exact) mass is 386 g/mol. The number of hydrogen-bond donors (Lipinski definition) is 1. The van der Waals surface area contributed by atoms with Crippen molar-refractivity contribution in [3.05, 3.63) is 33.4 Å². The third kappa shape index (κ3) is 3.71. The molecule has 1 saturated heterocycles. The van der Waals surface area contributed by atoms with Crippen molar-refractivity contribution < 1.29 is 9.53 Å². The molecule has 20 heavy (non-hydrogen) atoms. The first-order valence-electron chi connectivity index (χ1n) is 7.09. The fourth-order valence-corrected chi connectivity index (χ4v) is 2.78. The average molecular weight is 386 g/mol. The zero-order chi connectivity index (χ0) is 13.9. The minimum atomic E-state index is -0.149. The summed E-state index contributed by atoms with van der Waals surface area (Å²) in [6.45, 7) is 2.83. The number of nitrogens with zero attached hydrogens (tertiary/aromatic N) is 1. The Morgan fingerprint density at radius 3 is 2.80 bits per heavy atom. The largest absolute Gasteiger partial charge is 0.378 e. The Hall–Kier alpha value is -0.660. The van der Waals surface area contributed by atoms with Gasteiger partial charge in [-0.05, 0) is 53.1 Å². The SMILES string of the molecule is O=C(NC1CC1)C1COCCN1Cc1ccc(I)cc1. The highest BCUT2D eigenvalue weighted by atomic mass is 127. The van der Waals surface area contributed by atoms with E-state index in [1.165, 1.54) is 9.13 Å². The van der Waals surface area contributed by atoms with Crippen LogP contribution in [0.3, 0.4) is 0 Å². The predicted octanol–water partition coefficient (Wildman–Crippen LogP) is 1.77. The summed E-state index contributed by atoms with van der Waals surface area (Å²) in [7, 11) is 0. The van der Waals surface area contributed by atoms with Gasteiger partial charge in [0.1, 0.15) is 6.04 Å². The van der Waals surface area contributed by atoms with Crippen LogP contribution in [-0.4, -0.2) is 42.6 Å². The topological polar surface area (TPSA) is 41.6 Å². The van der Waals surface area contributed by atoms with Gasteiger partial charge in [-0.3, -0.25) is 9.69 Å². The van der Waals surface area contributed by atoms with Crippen LogP contribution in [0.25, 0.3) is 0 Å². The van der Waals surface area contributed by atoms with Gasteiger partial charge in [-0.15, -0.1) is 0 Å². The Balaban J connectivity index is 1.64. The number of nitrogens with one attached hydrogen (secondary N) is 1. The highest BCUT2D eigenvalue weighted by Crippen LogP contribution is 2.20. The summed E-state index contributed by atoms with van der Waals surface area (Å²) >= 11 is 2.30. The molecule has 1 aliphatic carbocycles. The van der Waals surface area contributed by atoms with Gasteiger partial charge in [-0.2, -0.15) is 0 Å². The molecule has 0 bridgehead atoms. The second-order valence-electron chi connectivity index (χ2n) is 5.47. The van der Waals surface area contributed by atoms with Crippen molar-refractivity contribution in [1.82, 2.24) is 10.2 Å². The molecule has 2 aliphatic rings. The molecule has 1 N–H and O–H groups in total. The van der Waals surface area contributed by atoms with E-state index in [0.717, 1.165) is 25.9 Å². The number of hydrogen-bond acceptors (Lipinski definition) is 3. The Bertz CT molecular complexity index is 473. The van der Waals surface area contributed by atoms with Crippen molar-refractivity contribution in [3.8, 4) is 0 Å². The summed E-state index contributed by atoms with van der Waals surface area (Å²) in [5, 5.41) is 3.09. The summed E-state index contributed by atoms with van der Waals surface area (Å²) in [4.78, 5) is 14.5. The fourth-order valence-electron chi connectivity index (χ4n) is 2.42. The van der Waals surface area contributed by atoms with E-state index in [0.29, 0.717) is 19.3 Å². The fraction of sp³-hybridized carbons (Fsp3) is 0.533. The van der Waals surface area contributed by atoms with Crippen molar-refractivity contribution >= 4 is 28.5 Å². The number of halogens is 1. The lowest BCUT2D eigenvalue weighted by molar-refractivity contribution is -0.133. The van der Waals surface area contributed by atoms with Gasteiger partial charge in [0.25, 0.3) is 0 Å². The summed E-state index contributed by atoms with van der Waals surface area (Å²) in [6, 6.07) is 8.74. The van der Waals surface area contributed by atoms with Crippen LogP contribution < -0.4 is 5.32 Å². The van der Waals surface area contributed by atoms with E-state index in [2.05, 4.69) is 57.1 Å². The summed E-state index contributed by atoms with van der Waals surface area (Å²) in [5.41, 5.74) is 1.25. The zero-order valence-electron chi connectivity index (χ0n) is 11.3. The molecular formula is C15H19IN2O2. The lowest BCUT2D eigenvalue weighted by atomic mass is 10.1. The van der Waals surface area contributed by atoms with Crippen molar-refractivity contribution in [2.75, 3.05) is 19.8 Å². The van der Waals surface area contributed by atoms with Crippen molar-refractivity contribution in [3.63, 3.8) is 0 Å². The minimum absolute atomic E-state index is 0.123. The molecule has 4 nitrogen and oxygen atoms in total. The number of carbonyl (C=O) groups excluding carboxylic acids is 1. The van der Waals surface area contributed by atoms with Gasteiger partial charge in [0, 0.05) is 22.7 Å². The number of rotatable bonds is 4. The molecule has 1 atom stereocenters. The Labute approximate surface area is 133 Å². The highest BCUT2D eigenvalue weighted by molar-refractivity contribution is 14.1. The van der Waals surface area contributed by atoms with Crippen LogP contribution in [0.4, 0.5) is 0 Å². The van der Waals surface area contributed by atoms with Gasteiger partial charge in [0.2, 0.25) is 5.91 Å². The number of benzene rings is 1. The van der Waals surface area contributed by atoms with E-state index in [9.17, 15) is 4.79 Å².